The molecule has 0 saturated heterocycles. The van der Waals surface area contributed by atoms with Crippen molar-refractivity contribution in [2.45, 2.75) is 32.0 Å². The zero-order chi connectivity index (χ0) is 14.5. The van der Waals surface area contributed by atoms with Crippen molar-refractivity contribution in [2.75, 3.05) is 20.1 Å². The highest BCUT2D eigenvalue weighted by atomic mass is 19.4. The number of hydrogen-bond acceptors (Lipinski definition) is 2. The maximum absolute atomic E-state index is 12.7. The molecule has 0 aromatic heterocycles. The first-order chi connectivity index (χ1) is 8.90. The van der Waals surface area contributed by atoms with E-state index in [0.29, 0.717) is 12.1 Å². The first kappa shape index (κ1) is 16.0. The largest absolute Gasteiger partial charge is 0.416 e. The quantitative estimate of drug-likeness (QED) is 0.861. The number of hydrogen-bond donors (Lipinski definition) is 1. The van der Waals surface area contributed by atoms with Crippen LogP contribution in [0.4, 0.5) is 13.2 Å². The van der Waals surface area contributed by atoms with E-state index in [0.717, 1.165) is 25.5 Å². The van der Waals surface area contributed by atoms with Crippen LogP contribution < -0.4 is 5.73 Å². The van der Waals surface area contributed by atoms with Crippen molar-refractivity contribution in [3.05, 3.63) is 35.4 Å². The molecule has 0 aliphatic carbocycles. The fourth-order valence-corrected chi connectivity index (χ4v) is 2.06. The molecule has 5 heteroatoms. The lowest BCUT2D eigenvalue weighted by atomic mass is 10.0. The fourth-order valence-electron chi connectivity index (χ4n) is 2.06. The molecule has 19 heavy (non-hydrogen) atoms. The van der Waals surface area contributed by atoms with E-state index in [1.54, 1.807) is 6.07 Å². The van der Waals surface area contributed by atoms with Gasteiger partial charge in [-0.15, -0.1) is 0 Å². The minimum atomic E-state index is -4.31. The number of nitrogens with zero attached hydrogens (tertiary/aromatic N) is 1. The zero-order valence-electron chi connectivity index (χ0n) is 11.4. The summed E-state index contributed by atoms with van der Waals surface area (Å²) in [4.78, 5) is 2.01. The standard InChI is InChI=1S/C14H21F3N2/c1-3-4-8-19(2)13(10-18)11-6-5-7-12(9-11)14(15,16)17/h5-7,9,13H,3-4,8,10,18H2,1-2H3. The van der Waals surface area contributed by atoms with Gasteiger partial charge in [0.05, 0.1) is 5.56 Å². The van der Waals surface area contributed by atoms with E-state index in [-0.39, 0.29) is 6.04 Å². The minimum absolute atomic E-state index is 0.172. The summed E-state index contributed by atoms with van der Waals surface area (Å²) in [5.41, 5.74) is 5.72. The average Bonchev–Trinajstić information content (AvgIpc) is 2.36. The number of halogens is 3. The molecule has 0 aliphatic rings. The Balaban J connectivity index is 2.92. The molecule has 1 unspecified atom stereocenters. The van der Waals surface area contributed by atoms with Gasteiger partial charge >= 0.3 is 6.18 Å². The Hall–Kier alpha value is -1.07. The molecule has 1 rings (SSSR count). The van der Waals surface area contributed by atoms with E-state index in [4.69, 9.17) is 5.73 Å². The van der Waals surface area contributed by atoms with Crippen LogP contribution in [0.25, 0.3) is 0 Å². The van der Waals surface area contributed by atoms with Gasteiger partial charge in [-0.2, -0.15) is 13.2 Å². The van der Waals surface area contributed by atoms with Crippen molar-refractivity contribution < 1.29 is 13.2 Å². The van der Waals surface area contributed by atoms with Crippen LogP contribution in [0.15, 0.2) is 24.3 Å². The average molecular weight is 274 g/mol. The number of benzene rings is 1. The molecule has 0 saturated carbocycles. The minimum Gasteiger partial charge on any atom is -0.329 e. The highest BCUT2D eigenvalue weighted by Gasteiger charge is 2.31. The van der Waals surface area contributed by atoms with Crippen LogP contribution in [0.1, 0.15) is 36.9 Å². The molecular formula is C14H21F3N2. The van der Waals surface area contributed by atoms with Crippen molar-refractivity contribution in [1.82, 2.24) is 4.90 Å². The smallest absolute Gasteiger partial charge is 0.329 e. The van der Waals surface area contributed by atoms with Crippen molar-refractivity contribution >= 4 is 0 Å². The lowest BCUT2D eigenvalue weighted by Gasteiger charge is -2.27. The Morgan fingerprint density at radius 3 is 2.53 bits per heavy atom. The predicted molar refractivity (Wildman–Crippen MR) is 70.8 cm³/mol. The summed E-state index contributed by atoms with van der Waals surface area (Å²) >= 11 is 0. The monoisotopic (exact) mass is 274 g/mol. The van der Waals surface area contributed by atoms with Gasteiger partial charge in [-0.1, -0.05) is 25.5 Å². The predicted octanol–water partition coefficient (Wildman–Crippen LogP) is 3.44. The summed E-state index contributed by atoms with van der Waals surface area (Å²) in [5.74, 6) is 0. The Morgan fingerprint density at radius 2 is 2.00 bits per heavy atom. The second-order valence-corrected chi connectivity index (χ2v) is 4.71. The van der Waals surface area contributed by atoms with Crippen molar-refractivity contribution in [2.24, 2.45) is 5.73 Å². The van der Waals surface area contributed by atoms with Gasteiger partial charge in [-0.3, -0.25) is 4.90 Å². The molecule has 1 aromatic rings. The van der Waals surface area contributed by atoms with Gasteiger partial charge in [0, 0.05) is 12.6 Å². The second kappa shape index (κ2) is 6.91. The maximum Gasteiger partial charge on any atom is 0.416 e. The second-order valence-electron chi connectivity index (χ2n) is 4.71. The van der Waals surface area contributed by atoms with Crippen LogP contribution in [0.2, 0.25) is 0 Å². The molecule has 2 N–H and O–H groups in total. The van der Waals surface area contributed by atoms with Gasteiger partial charge in [0.2, 0.25) is 0 Å². The molecule has 108 valence electrons. The van der Waals surface area contributed by atoms with E-state index >= 15 is 0 Å². The van der Waals surface area contributed by atoms with E-state index in [1.165, 1.54) is 12.1 Å². The lowest BCUT2D eigenvalue weighted by molar-refractivity contribution is -0.137. The van der Waals surface area contributed by atoms with E-state index < -0.39 is 11.7 Å². The number of likely N-dealkylation sites (N-methyl/N-ethyl adjacent to an activating group) is 1. The fraction of sp³-hybridized carbons (Fsp3) is 0.571. The first-order valence-corrected chi connectivity index (χ1v) is 6.47. The zero-order valence-corrected chi connectivity index (χ0v) is 11.4. The van der Waals surface area contributed by atoms with Gasteiger partial charge in [0.15, 0.2) is 0 Å². The Bertz CT molecular complexity index is 391. The third kappa shape index (κ3) is 4.51. The van der Waals surface area contributed by atoms with Crippen LogP contribution >= 0.6 is 0 Å². The number of nitrogens with two attached hydrogens (primary N) is 1. The summed E-state index contributed by atoms with van der Waals surface area (Å²) in [6, 6.07) is 5.25. The number of unbranched alkanes of at least 4 members (excludes halogenated alkanes) is 1. The van der Waals surface area contributed by atoms with Crippen LogP contribution in [0.5, 0.6) is 0 Å². The first-order valence-electron chi connectivity index (χ1n) is 6.47. The Labute approximate surface area is 112 Å². The molecule has 2 nitrogen and oxygen atoms in total. The van der Waals surface area contributed by atoms with Crippen LogP contribution in [-0.2, 0) is 6.18 Å². The third-order valence-corrected chi connectivity index (χ3v) is 3.22. The van der Waals surface area contributed by atoms with Crippen molar-refractivity contribution in [3.8, 4) is 0 Å². The van der Waals surface area contributed by atoms with Gasteiger partial charge in [0.25, 0.3) is 0 Å². The lowest BCUT2D eigenvalue weighted by Crippen LogP contribution is -2.31. The summed E-state index contributed by atoms with van der Waals surface area (Å²) in [5, 5.41) is 0. The molecule has 0 bridgehead atoms. The molecule has 0 spiro atoms. The molecule has 1 aromatic carbocycles. The Morgan fingerprint density at radius 1 is 1.32 bits per heavy atom. The molecule has 0 fully saturated rings. The summed E-state index contributed by atoms with van der Waals surface area (Å²) in [6.07, 6.45) is -2.26. The number of rotatable bonds is 6. The van der Waals surface area contributed by atoms with E-state index in [1.807, 2.05) is 11.9 Å². The molecular weight excluding hydrogens is 253 g/mol. The SMILES string of the molecule is CCCCN(C)C(CN)c1cccc(C(F)(F)F)c1. The molecule has 0 aliphatic heterocycles. The third-order valence-electron chi connectivity index (χ3n) is 3.22. The van der Waals surface area contributed by atoms with E-state index in [9.17, 15) is 13.2 Å². The van der Waals surface area contributed by atoms with Gasteiger partial charge in [-0.05, 0) is 37.7 Å². The van der Waals surface area contributed by atoms with Crippen LogP contribution in [0.3, 0.4) is 0 Å². The molecule has 0 heterocycles. The summed E-state index contributed by atoms with van der Waals surface area (Å²) in [6.45, 7) is 3.21. The van der Waals surface area contributed by atoms with Crippen molar-refractivity contribution in [1.29, 1.82) is 0 Å². The topological polar surface area (TPSA) is 29.3 Å². The Kier molecular flexibility index (Phi) is 5.82. The van der Waals surface area contributed by atoms with Gasteiger partial charge in [-0.25, -0.2) is 0 Å². The van der Waals surface area contributed by atoms with Gasteiger partial charge in [0.1, 0.15) is 0 Å². The van der Waals surface area contributed by atoms with Crippen molar-refractivity contribution in [3.63, 3.8) is 0 Å². The van der Waals surface area contributed by atoms with Crippen LogP contribution in [-0.4, -0.2) is 25.0 Å². The van der Waals surface area contributed by atoms with Gasteiger partial charge < -0.3 is 5.73 Å². The maximum atomic E-state index is 12.7. The van der Waals surface area contributed by atoms with E-state index in [2.05, 4.69) is 6.92 Å². The molecule has 0 radical (unpaired) electrons. The summed E-state index contributed by atoms with van der Waals surface area (Å²) in [7, 11) is 1.90. The number of alkyl halides is 3. The highest BCUT2D eigenvalue weighted by Crippen LogP contribution is 2.31. The normalized spacial score (nSPS) is 13.8. The van der Waals surface area contributed by atoms with Crippen LogP contribution in [0, 0.1) is 0 Å². The highest BCUT2D eigenvalue weighted by molar-refractivity contribution is 5.28. The molecule has 1 atom stereocenters. The molecule has 0 amide bonds. The summed E-state index contributed by atoms with van der Waals surface area (Å²) < 4.78 is 38.1.